The van der Waals surface area contributed by atoms with E-state index < -0.39 is 0 Å². The van der Waals surface area contributed by atoms with Gasteiger partial charge in [-0.3, -0.25) is 14.4 Å². The van der Waals surface area contributed by atoms with E-state index in [2.05, 4.69) is 10.6 Å². The first-order valence-electron chi connectivity index (χ1n) is 10.3. The second-order valence-corrected chi connectivity index (χ2v) is 7.63. The van der Waals surface area contributed by atoms with Crippen LogP contribution in [-0.4, -0.2) is 55.3 Å². The largest absolute Gasteiger partial charge is 0.345 e. The van der Waals surface area contributed by atoms with E-state index in [4.69, 9.17) is 0 Å². The van der Waals surface area contributed by atoms with Gasteiger partial charge in [0, 0.05) is 6.92 Å². The zero-order valence-corrected chi connectivity index (χ0v) is 17.5. The molecule has 7 nitrogen and oxygen atoms in total. The van der Waals surface area contributed by atoms with Crippen LogP contribution in [0.1, 0.15) is 35.8 Å². The van der Waals surface area contributed by atoms with Gasteiger partial charge in [-0.15, -0.1) is 0 Å². The summed E-state index contributed by atoms with van der Waals surface area (Å²) in [6, 6.07) is 16.6. The quantitative estimate of drug-likeness (QED) is 0.662. The van der Waals surface area contributed by atoms with E-state index in [9.17, 15) is 14.4 Å². The Morgan fingerprint density at radius 2 is 1.63 bits per heavy atom. The maximum absolute atomic E-state index is 12.8. The molecule has 1 fully saturated rings. The highest BCUT2D eigenvalue weighted by atomic mass is 16.2. The third-order valence-corrected chi connectivity index (χ3v) is 5.42. The van der Waals surface area contributed by atoms with Crippen molar-refractivity contribution in [3.05, 3.63) is 65.7 Å². The van der Waals surface area contributed by atoms with E-state index in [1.807, 2.05) is 37.3 Å². The summed E-state index contributed by atoms with van der Waals surface area (Å²) in [5, 5.41) is 5.87. The van der Waals surface area contributed by atoms with Crippen molar-refractivity contribution in [2.24, 2.45) is 0 Å². The van der Waals surface area contributed by atoms with E-state index in [0.717, 1.165) is 23.6 Å². The Labute approximate surface area is 177 Å². The Kier molecular flexibility index (Phi) is 7.19. The molecule has 0 spiro atoms. The molecule has 3 amide bonds. The van der Waals surface area contributed by atoms with Gasteiger partial charge in [0.05, 0.1) is 43.5 Å². The van der Waals surface area contributed by atoms with Gasteiger partial charge >= 0.3 is 0 Å². The Morgan fingerprint density at radius 1 is 1.00 bits per heavy atom. The SMILES string of the molecule is CC(=O)N1CC[NH+](CC(=O)Nc2ccccc2C(=O)N[C@H](C)c2ccccc2)CC1. The van der Waals surface area contributed by atoms with Gasteiger partial charge in [0.15, 0.2) is 6.54 Å². The summed E-state index contributed by atoms with van der Waals surface area (Å²) in [5.41, 5.74) is 1.95. The highest BCUT2D eigenvalue weighted by Crippen LogP contribution is 2.17. The first-order chi connectivity index (χ1) is 14.4. The molecule has 0 unspecified atom stereocenters. The number of anilines is 1. The van der Waals surface area contributed by atoms with Crippen LogP contribution in [0.25, 0.3) is 0 Å². The normalized spacial score (nSPS) is 15.3. The number of piperazine rings is 1. The van der Waals surface area contributed by atoms with Crippen molar-refractivity contribution < 1.29 is 19.3 Å². The monoisotopic (exact) mass is 409 g/mol. The highest BCUT2D eigenvalue weighted by molar-refractivity contribution is 6.04. The van der Waals surface area contributed by atoms with Crippen LogP contribution in [0, 0.1) is 0 Å². The molecule has 1 atom stereocenters. The fourth-order valence-corrected chi connectivity index (χ4v) is 3.63. The topological polar surface area (TPSA) is 83.0 Å². The molecule has 0 aliphatic carbocycles. The van der Waals surface area contributed by atoms with Gasteiger partial charge in [-0.05, 0) is 24.6 Å². The number of hydrogen-bond donors (Lipinski definition) is 3. The number of carbonyl (C=O) groups is 3. The second kappa shape index (κ2) is 10.0. The predicted molar refractivity (Wildman–Crippen MR) is 115 cm³/mol. The van der Waals surface area contributed by atoms with E-state index in [1.54, 1.807) is 36.1 Å². The van der Waals surface area contributed by atoms with Crippen LogP contribution in [-0.2, 0) is 9.59 Å². The maximum Gasteiger partial charge on any atom is 0.279 e. The number of carbonyl (C=O) groups excluding carboxylic acids is 3. The molecule has 0 bridgehead atoms. The maximum atomic E-state index is 12.8. The summed E-state index contributed by atoms with van der Waals surface area (Å²) in [6.07, 6.45) is 0. The first-order valence-corrected chi connectivity index (χ1v) is 10.3. The minimum Gasteiger partial charge on any atom is -0.345 e. The molecule has 30 heavy (non-hydrogen) atoms. The second-order valence-electron chi connectivity index (χ2n) is 7.63. The average molecular weight is 410 g/mol. The van der Waals surface area contributed by atoms with Gasteiger partial charge in [-0.1, -0.05) is 42.5 Å². The van der Waals surface area contributed by atoms with Crippen molar-refractivity contribution in [2.75, 3.05) is 38.0 Å². The van der Waals surface area contributed by atoms with Crippen molar-refractivity contribution in [1.82, 2.24) is 10.2 Å². The van der Waals surface area contributed by atoms with Crippen molar-refractivity contribution in [3.8, 4) is 0 Å². The van der Waals surface area contributed by atoms with E-state index in [1.165, 1.54) is 0 Å². The molecule has 0 aromatic heterocycles. The van der Waals surface area contributed by atoms with E-state index >= 15 is 0 Å². The van der Waals surface area contributed by atoms with Crippen LogP contribution in [0.15, 0.2) is 54.6 Å². The number of nitrogens with one attached hydrogen (secondary N) is 3. The molecule has 1 aliphatic heterocycles. The van der Waals surface area contributed by atoms with Gasteiger partial charge in [0.1, 0.15) is 0 Å². The van der Waals surface area contributed by atoms with Crippen LogP contribution < -0.4 is 15.5 Å². The van der Waals surface area contributed by atoms with Crippen LogP contribution in [0.3, 0.4) is 0 Å². The number of benzene rings is 2. The molecule has 7 heteroatoms. The zero-order valence-electron chi connectivity index (χ0n) is 17.5. The lowest BCUT2D eigenvalue weighted by molar-refractivity contribution is -0.895. The molecule has 0 radical (unpaired) electrons. The van der Waals surface area contributed by atoms with Gasteiger partial charge in [-0.25, -0.2) is 0 Å². The minimum absolute atomic E-state index is 0.0724. The molecule has 3 N–H and O–H groups in total. The molecule has 1 aliphatic rings. The summed E-state index contributed by atoms with van der Waals surface area (Å²) < 4.78 is 0. The lowest BCUT2D eigenvalue weighted by Crippen LogP contribution is -3.15. The molecule has 158 valence electrons. The standard InChI is InChI=1S/C23H28N4O3/c1-17(19-8-4-3-5-9-19)24-23(30)20-10-6-7-11-21(20)25-22(29)16-26-12-14-27(15-13-26)18(2)28/h3-11,17H,12-16H2,1-2H3,(H,24,30)(H,25,29)/p+1/t17-/m1/s1. The lowest BCUT2D eigenvalue weighted by atomic mass is 10.1. The van der Waals surface area contributed by atoms with Gasteiger partial charge in [-0.2, -0.15) is 0 Å². The smallest absolute Gasteiger partial charge is 0.279 e. The number of rotatable bonds is 6. The van der Waals surface area contributed by atoms with Crippen LogP contribution in [0.4, 0.5) is 5.69 Å². The average Bonchev–Trinajstić information content (AvgIpc) is 2.75. The Balaban J connectivity index is 1.59. The zero-order chi connectivity index (χ0) is 21.5. The molecule has 2 aromatic rings. The molecule has 3 rings (SSSR count). The van der Waals surface area contributed by atoms with Crippen molar-refractivity contribution in [3.63, 3.8) is 0 Å². The molecular formula is C23H29N4O3+. The summed E-state index contributed by atoms with van der Waals surface area (Å²) >= 11 is 0. The van der Waals surface area contributed by atoms with Gasteiger partial charge in [0.25, 0.3) is 11.8 Å². The molecular weight excluding hydrogens is 380 g/mol. The molecule has 0 saturated carbocycles. The highest BCUT2D eigenvalue weighted by Gasteiger charge is 2.24. The first kappa shape index (κ1) is 21.5. The number of para-hydroxylation sites is 1. The van der Waals surface area contributed by atoms with Crippen LogP contribution >= 0.6 is 0 Å². The third kappa shape index (κ3) is 5.67. The van der Waals surface area contributed by atoms with Crippen molar-refractivity contribution in [2.45, 2.75) is 19.9 Å². The number of quaternary nitrogens is 1. The van der Waals surface area contributed by atoms with Crippen molar-refractivity contribution >= 4 is 23.4 Å². The molecule has 1 heterocycles. The lowest BCUT2D eigenvalue weighted by Gasteiger charge is -2.31. The van der Waals surface area contributed by atoms with E-state index in [-0.39, 0.29) is 23.8 Å². The Hall–Kier alpha value is -3.19. The molecule has 1 saturated heterocycles. The van der Waals surface area contributed by atoms with E-state index in [0.29, 0.717) is 30.9 Å². The summed E-state index contributed by atoms with van der Waals surface area (Å²) in [5.74, 6) is -0.300. The van der Waals surface area contributed by atoms with Crippen LogP contribution in [0.5, 0.6) is 0 Å². The van der Waals surface area contributed by atoms with Gasteiger partial charge in [0.2, 0.25) is 5.91 Å². The Morgan fingerprint density at radius 3 is 2.30 bits per heavy atom. The summed E-state index contributed by atoms with van der Waals surface area (Å²) in [4.78, 5) is 39.8. The fourth-order valence-electron chi connectivity index (χ4n) is 3.63. The Bertz CT molecular complexity index is 892. The van der Waals surface area contributed by atoms with Crippen molar-refractivity contribution in [1.29, 1.82) is 0 Å². The number of hydrogen-bond acceptors (Lipinski definition) is 3. The summed E-state index contributed by atoms with van der Waals surface area (Å²) in [6.45, 7) is 6.61. The van der Waals surface area contributed by atoms with Gasteiger partial charge < -0.3 is 20.4 Å². The third-order valence-electron chi connectivity index (χ3n) is 5.42. The minimum atomic E-state index is -0.232. The summed E-state index contributed by atoms with van der Waals surface area (Å²) in [7, 11) is 0. The molecule has 2 aromatic carbocycles. The number of amides is 3. The number of nitrogens with zero attached hydrogens (tertiary/aromatic N) is 1. The van der Waals surface area contributed by atoms with Crippen LogP contribution in [0.2, 0.25) is 0 Å². The predicted octanol–water partition coefficient (Wildman–Crippen LogP) is 0.863. The fraction of sp³-hybridized carbons (Fsp3) is 0.348.